The van der Waals surface area contributed by atoms with Crippen molar-refractivity contribution in [2.75, 3.05) is 18.5 Å². The van der Waals surface area contributed by atoms with Gasteiger partial charge in [0.2, 0.25) is 9.47 Å². The van der Waals surface area contributed by atoms with Crippen LogP contribution in [0.25, 0.3) is 0 Å². The van der Waals surface area contributed by atoms with E-state index in [-0.39, 0.29) is 33.2 Å². The van der Waals surface area contributed by atoms with Gasteiger partial charge in [-0.1, -0.05) is 54.1 Å². The van der Waals surface area contributed by atoms with Gasteiger partial charge < -0.3 is 4.74 Å². The van der Waals surface area contributed by atoms with Crippen molar-refractivity contribution in [3.63, 3.8) is 0 Å². The number of ether oxygens (including phenoxy) is 1. The molecule has 11 heteroatoms. The van der Waals surface area contributed by atoms with Crippen LogP contribution in [-0.2, 0) is 16.4 Å². The fourth-order valence-corrected chi connectivity index (χ4v) is 4.58. The van der Waals surface area contributed by atoms with Crippen molar-refractivity contribution in [1.82, 2.24) is 14.9 Å². The summed E-state index contributed by atoms with van der Waals surface area (Å²) >= 11 is 6.72. The number of aryl methyl sites for hydroxylation is 1. The number of nitrogens with one attached hydrogen (secondary N) is 2. The van der Waals surface area contributed by atoms with Gasteiger partial charge in [0, 0.05) is 6.54 Å². The Kier molecular flexibility index (Phi) is 7.38. The lowest BCUT2D eigenvalue weighted by atomic mass is 10.2. The number of carbonyl (C=O) groups excluding carboxylic acids is 1. The van der Waals surface area contributed by atoms with Crippen LogP contribution in [-0.4, -0.2) is 37.7 Å². The molecule has 3 rings (SSSR count). The van der Waals surface area contributed by atoms with Crippen molar-refractivity contribution in [1.29, 1.82) is 0 Å². The van der Waals surface area contributed by atoms with Crippen molar-refractivity contribution in [3.8, 4) is 5.75 Å². The van der Waals surface area contributed by atoms with Crippen LogP contribution >= 0.6 is 22.9 Å². The van der Waals surface area contributed by atoms with Crippen LogP contribution in [0.15, 0.2) is 52.9 Å². The summed E-state index contributed by atoms with van der Waals surface area (Å²) in [6.07, 6.45) is 0.933. The van der Waals surface area contributed by atoms with Gasteiger partial charge in [0.05, 0.1) is 10.6 Å². The van der Waals surface area contributed by atoms with Crippen LogP contribution in [0.3, 0.4) is 0 Å². The van der Waals surface area contributed by atoms with E-state index in [1.165, 1.54) is 5.56 Å². The van der Waals surface area contributed by atoms with Crippen molar-refractivity contribution < 1.29 is 17.9 Å². The van der Waals surface area contributed by atoms with Crippen molar-refractivity contribution in [2.45, 2.75) is 17.7 Å². The third-order valence-corrected chi connectivity index (χ3v) is 6.97. The number of hydrogen-bond donors (Lipinski definition) is 2. The highest BCUT2D eigenvalue weighted by atomic mass is 35.5. The standard InChI is InChI=1S/C19H19ClN4O4S2/c1-2-13-7-9-14(10-8-13)28-12-11-21-30(26,27)19-24-23-18(29-19)22-17(25)15-5-3-4-6-16(15)20/h3-10,21H,2,11-12H2,1H3,(H,22,23,25). The Morgan fingerprint density at radius 3 is 2.57 bits per heavy atom. The second kappa shape index (κ2) is 9.98. The van der Waals surface area contributed by atoms with Crippen LogP contribution in [0, 0.1) is 0 Å². The first-order chi connectivity index (χ1) is 14.4. The minimum Gasteiger partial charge on any atom is -0.492 e. The monoisotopic (exact) mass is 466 g/mol. The van der Waals surface area contributed by atoms with Gasteiger partial charge in [-0.3, -0.25) is 10.1 Å². The Balaban J connectivity index is 1.53. The van der Waals surface area contributed by atoms with Gasteiger partial charge in [0.25, 0.3) is 15.9 Å². The number of rotatable bonds is 9. The molecular formula is C19H19ClN4O4S2. The first kappa shape index (κ1) is 22.2. The zero-order valence-corrected chi connectivity index (χ0v) is 18.4. The van der Waals surface area contributed by atoms with Gasteiger partial charge in [-0.2, -0.15) is 0 Å². The highest BCUT2D eigenvalue weighted by molar-refractivity contribution is 7.91. The number of anilines is 1. The normalized spacial score (nSPS) is 11.3. The molecule has 0 aliphatic rings. The average molecular weight is 467 g/mol. The van der Waals surface area contributed by atoms with Crippen molar-refractivity contribution >= 4 is 44.0 Å². The molecule has 30 heavy (non-hydrogen) atoms. The zero-order valence-electron chi connectivity index (χ0n) is 16.0. The second-order valence-corrected chi connectivity index (χ2v) is 9.38. The second-order valence-electron chi connectivity index (χ2n) is 6.05. The van der Waals surface area contributed by atoms with Gasteiger partial charge >= 0.3 is 0 Å². The third-order valence-electron chi connectivity index (χ3n) is 3.97. The molecule has 1 heterocycles. The number of hydrogen-bond acceptors (Lipinski definition) is 7. The summed E-state index contributed by atoms with van der Waals surface area (Å²) in [4.78, 5) is 12.2. The highest BCUT2D eigenvalue weighted by Crippen LogP contribution is 2.22. The van der Waals surface area contributed by atoms with Gasteiger partial charge in [-0.25, -0.2) is 13.1 Å². The molecule has 3 aromatic rings. The lowest BCUT2D eigenvalue weighted by molar-refractivity contribution is 0.102. The van der Waals surface area contributed by atoms with E-state index < -0.39 is 15.9 Å². The van der Waals surface area contributed by atoms with Crippen molar-refractivity contribution in [2.24, 2.45) is 0 Å². The zero-order chi connectivity index (χ0) is 21.6. The molecule has 0 atom stereocenters. The van der Waals surface area contributed by atoms with Gasteiger partial charge in [-0.05, 0) is 36.2 Å². The van der Waals surface area contributed by atoms with E-state index in [2.05, 4.69) is 27.2 Å². The minimum absolute atomic E-state index is 0.0487. The van der Waals surface area contributed by atoms with E-state index in [0.29, 0.717) is 5.75 Å². The number of amides is 1. The molecule has 1 amide bonds. The molecule has 2 aromatic carbocycles. The summed E-state index contributed by atoms with van der Waals surface area (Å²) in [7, 11) is -3.88. The predicted molar refractivity (Wildman–Crippen MR) is 116 cm³/mol. The molecule has 0 aliphatic heterocycles. The molecule has 0 unspecified atom stereocenters. The number of halogens is 1. The summed E-state index contributed by atoms with van der Waals surface area (Å²) < 4.78 is 32.4. The Labute approximate surface area is 183 Å². The molecule has 0 saturated carbocycles. The summed E-state index contributed by atoms with van der Waals surface area (Å²) in [6, 6.07) is 14.1. The fourth-order valence-electron chi connectivity index (χ4n) is 2.41. The van der Waals surface area contributed by atoms with Crippen LogP contribution in [0.1, 0.15) is 22.8 Å². The Morgan fingerprint density at radius 2 is 1.87 bits per heavy atom. The topological polar surface area (TPSA) is 110 Å². The first-order valence-corrected chi connectivity index (χ1v) is 11.7. The summed E-state index contributed by atoms with van der Waals surface area (Å²) in [6.45, 7) is 2.27. The molecule has 1 aromatic heterocycles. The molecule has 158 valence electrons. The molecule has 0 saturated heterocycles. The third kappa shape index (κ3) is 5.76. The van der Waals surface area contributed by atoms with E-state index in [4.69, 9.17) is 16.3 Å². The lowest BCUT2D eigenvalue weighted by Gasteiger charge is -2.07. The molecule has 0 fully saturated rings. The quantitative estimate of drug-likeness (QED) is 0.369. The summed E-state index contributed by atoms with van der Waals surface area (Å²) in [5, 5.41) is 10.2. The molecule has 8 nitrogen and oxygen atoms in total. The predicted octanol–water partition coefficient (Wildman–Crippen LogP) is 3.36. The average Bonchev–Trinajstić information content (AvgIpc) is 3.21. The maximum atomic E-state index is 12.4. The van der Waals surface area contributed by atoms with Gasteiger partial charge in [-0.15, -0.1) is 10.2 Å². The van der Waals surface area contributed by atoms with E-state index >= 15 is 0 Å². The van der Waals surface area contributed by atoms with Crippen molar-refractivity contribution in [3.05, 3.63) is 64.7 Å². The van der Waals surface area contributed by atoms with E-state index in [1.807, 2.05) is 24.3 Å². The molecule has 0 bridgehead atoms. The number of benzene rings is 2. The summed E-state index contributed by atoms with van der Waals surface area (Å²) in [5.74, 6) is 0.156. The molecular weight excluding hydrogens is 448 g/mol. The highest BCUT2D eigenvalue weighted by Gasteiger charge is 2.21. The largest absolute Gasteiger partial charge is 0.492 e. The Morgan fingerprint density at radius 1 is 1.13 bits per heavy atom. The number of sulfonamides is 1. The first-order valence-electron chi connectivity index (χ1n) is 9.00. The maximum absolute atomic E-state index is 12.4. The van der Waals surface area contributed by atoms with Crippen LogP contribution in [0.2, 0.25) is 5.02 Å². The molecule has 0 radical (unpaired) electrons. The van der Waals surface area contributed by atoms with E-state index in [0.717, 1.165) is 17.8 Å². The smallest absolute Gasteiger partial charge is 0.269 e. The van der Waals surface area contributed by atoms with E-state index in [9.17, 15) is 13.2 Å². The van der Waals surface area contributed by atoms with E-state index in [1.54, 1.807) is 24.3 Å². The number of aromatic nitrogens is 2. The number of nitrogens with zero attached hydrogens (tertiary/aromatic N) is 2. The van der Waals surface area contributed by atoms with Crippen LogP contribution in [0.5, 0.6) is 5.75 Å². The Hall–Kier alpha value is -2.53. The van der Waals surface area contributed by atoms with Gasteiger partial charge in [0.15, 0.2) is 0 Å². The number of carbonyl (C=O) groups is 1. The fraction of sp³-hybridized carbons (Fsp3) is 0.211. The van der Waals surface area contributed by atoms with Gasteiger partial charge in [0.1, 0.15) is 12.4 Å². The Bertz CT molecular complexity index is 1120. The van der Waals surface area contributed by atoms with Crippen LogP contribution < -0.4 is 14.8 Å². The maximum Gasteiger partial charge on any atom is 0.269 e. The van der Waals surface area contributed by atoms with Crippen LogP contribution in [0.4, 0.5) is 5.13 Å². The SMILES string of the molecule is CCc1ccc(OCCNS(=O)(=O)c2nnc(NC(=O)c3ccccc3Cl)s2)cc1. The molecule has 0 spiro atoms. The molecule has 0 aliphatic carbocycles. The molecule has 2 N–H and O–H groups in total. The summed E-state index contributed by atoms with van der Waals surface area (Å²) in [5.41, 5.74) is 1.44. The minimum atomic E-state index is -3.88. The lowest BCUT2D eigenvalue weighted by Crippen LogP contribution is -2.28.